The molecule has 284 valence electrons. The van der Waals surface area contributed by atoms with Crippen LogP contribution in [-0.2, 0) is 14.9 Å². The number of amides is 1. The van der Waals surface area contributed by atoms with Gasteiger partial charge < -0.3 is 10.4 Å². The molecule has 0 rings (SSSR count). The predicted octanol–water partition coefficient (Wildman–Crippen LogP) is 12.0. The van der Waals surface area contributed by atoms with Crippen LogP contribution in [0.1, 0.15) is 213 Å². The van der Waals surface area contributed by atoms with E-state index in [0.717, 1.165) is 44.9 Å². The van der Waals surface area contributed by atoms with Gasteiger partial charge in [-0.25, -0.2) is 0 Å². The molecule has 0 heterocycles. The highest BCUT2D eigenvalue weighted by atomic mass is 32.2. The van der Waals surface area contributed by atoms with Crippen molar-refractivity contribution >= 4 is 16.0 Å². The maximum absolute atomic E-state index is 12.5. The van der Waals surface area contributed by atoms with Crippen LogP contribution in [-0.4, -0.2) is 41.9 Å². The monoisotopic (exact) mass is 698 g/mol. The lowest BCUT2D eigenvalue weighted by atomic mass is 10.0. The number of hydrogen-bond acceptors (Lipinski definition) is 4. The quantitative estimate of drug-likeness (QED) is 0.0340. The third-order valence-corrected chi connectivity index (χ3v) is 10.2. The summed E-state index contributed by atoms with van der Waals surface area (Å²) in [4.78, 5) is 12.5. The molecule has 0 aliphatic carbocycles. The Labute approximate surface area is 298 Å². The van der Waals surface area contributed by atoms with Crippen molar-refractivity contribution in [3.8, 4) is 0 Å². The molecule has 7 heteroatoms. The largest absolute Gasteiger partial charge is 0.391 e. The minimum Gasteiger partial charge on any atom is -0.391 e. The summed E-state index contributed by atoms with van der Waals surface area (Å²) in [5, 5.41) is 13.3. The minimum atomic E-state index is -4.31. The molecule has 0 saturated heterocycles. The number of hydrogen-bond donors (Lipinski definition) is 3. The fourth-order valence-corrected chi connectivity index (χ4v) is 7.07. The lowest BCUT2D eigenvalue weighted by molar-refractivity contribution is -0.122. The number of aliphatic hydroxyl groups excluding tert-OH is 1. The molecule has 1 amide bonds. The summed E-state index contributed by atoms with van der Waals surface area (Å²) in [5.74, 6) is -0.897. The van der Waals surface area contributed by atoms with Gasteiger partial charge in [0.15, 0.2) is 0 Å². The van der Waals surface area contributed by atoms with Crippen molar-refractivity contribution in [3.63, 3.8) is 0 Å². The van der Waals surface area contributed by atoms with Crippen molar-refractivity contribution in [3.05, 3.63) is 24.3 Å². The molecular formula is C41H79NO5S. The van der Waals surface area contributed by atoms with Crippen LogP contribution in [0.15, 0.2) is 24.3 Å². The van der Waals surface area contributed by atoms with Gasteiger partial charge in [0, 0.05) is 6.42 Å². The van der Waals surface area contributed by atoms with Gasteiger partial charge in [-0.2, -0.15) is 8.42 Å². The maximum atomic E-state index is 12.5. The van der Waals surface area contributed by atoms with Gasteiger partial charge in [0.25, 0.3) is 10.1 Å². The molecule has 0 aliphatic heterocycles. The molecular weight excluding hydrogens is 619 g/mol. The van der Waals surface area contributed by atoms with Crippen LogP contribution < -0.4 is 5.32 Å². The zero-order valence-electron chi connectivity index (χ0n) is 31.6. The van der Waals surface area contributed by atoms with Crippen molar-refractivity contribution in [2.24, 2.45) is 0 Å². The lowest BCUT2D eigenvalue weighted by Crippen LogP contribution is -2.47. The molecule has 0 aromatic carbocycles. The van der Waals surface area contributed by atoms with E-state index in [-0.39, 0.29) is 5.91 Å². The zero-order chi connectivity index (χ0) is 35.4. The van der Waals surface area contributed by atoms with Crippen LogP contribution in [0.5, 0.6) is 0 Å². The SMILES string of the molecule is CCCCC/C=C\C/C=C\CCCCCCCCCCCC(=O)NC(CS(=O)(=O)O)C(O)CCCCCCCCCCCCCCCC. The number of carbonyl (C=O) groups is 1. The summed E-state index contributed by atoms with van der Waals surface area (Å²) >= 11 is 0. The predicted molar refractivity (Wildman–Crippen MR) is 207 cm³/mol. The van der Waals surface area contributed by atoms with Crippen molar-refractivity contribution in [2.45, 2.75) is 225 Å². The number of carbonyl (C=O) groups excluding carboxylic acids is 1. The number of nitrogens with one attached hydrogen (secondary N) is 1. The van der Waals surface area contributed by atoms with Crippen molar-refractivity contribution < 1.29 is 22.9 Å². The number of rotatable bonds is 37. The molecule has 0 aromatic rings. The average Bonchev–Trinajstić information content (AvgIpc) is 3.05. The molecule has 0 spiro atoms. The lowest BCUT2D eigenvalue weighted by Gasteiger charge is -2.23. The Morgan fingerprint density at radius 1 is 0.562 bits per heavy atom. The molecule has 48 heavy (non-hydrogen) atoms. The van der Waals surface area contributed by atoms with Gasteiger partial charge in [-0.1, -0.05) is 186 Å². The second kappa shape index (κ2) is 35.6. The minimum absolute atomic E-state index is 0.249. The van der Waals surface area contributed by atoms with Crippen molar-refractivity contribution in [1.29, 1.82) is 0 Å². The molecule has 0 fully saturated rings. The molecule has 0 aromatic heterocycles. The Morgan fingerprint density at radius 2 is 0.938 bits per heavy atom. The van der Waals surface area contributed by atoms with E-state index < -0.39 is 28.0 Å². The van der Waals surface area contributed by atoms with Gasteiger partial charge in [0.1, 0.15) is 0 Å². The van der Waals surface area contributed by atoms with E-state index in [1.54, 1.807) is 0 Å². The number of unbranched alkanes of at least 4 members (excludes halogenated alkanes) is 25. The van der Waals surface area contributed by atoms with E-state index in [4.69, 9.17) is 0 Å². The molecule has 2 unspecified atom stereocenters. The summed E-state index contributed by atoms with van der Waals surface area (Å²) in [7, 11) is -4.31. The first-order chi connectivity index (χ1) is 23.3. The second-order valence-corrected chi connectivity index (χ2v) is 15.8. The average molecular weight is 698 g/mol. The molecule has 3 N–H and O–H groups in total. The molecule has 2 atom stereocenters. The van der Waals surface area contributed by atoms with Gasteiger partial charge in [-0.05, 0) is 44.9 Å². The number of allylic oxidation sites excluding steroid dienone is 4. The van der Waals surface area contributed by atoms with Crippen LogP contribution in [0, 0.1) is 0 Å². The van der Waals surface area contributed by atoms with E-state index in [1.165, 1.54) is 141 Å². The summed E-state index contributed by atoms with van der Waals surface area (Å²) in [6.45, 7) is 4.50. The van der Waals surface area contributed by atoms with Crippen LogP contribution in [0.3, 0.4) is 0 Å². The summed E-state index contributed by atoms with van der Waals surface area (Å²) < 4.78 is 32.5. The third kappa shape index (κ3) is 36.1. The normalized spacial score (nSPS) is 13.5. The van der Waals surface area contributed by atoms with E-state index in [9.17, 15) is 22.9 Å². The molecule has 0 bridgehead atoms. The Kier molecular flexibility index (Phi) is 34.8. The highest BCUT2D eigenvalue weighted by Gasteiger charge is 2.26. The first-order valence-electron chi connectivity index (χ1n) is 20.5. The van der Waals surface area contributed by atoms with E-state index in [2.05, 4.69) is 43.5 Å². The molecule has 6 nitrogen and oxygen atoms in total. The summed E-state index contributed by atoms with van der Waals surface area (Å²) in [6, 6.07) is -0.970. The van der Waals surface area contributed by atoms with Crippen LogP contribution in [0.25, 0.3) is 0 Å². The second-order valence-electron chi connectivity index (χ2n) is 14.3. The summed E-state index contributed by atoms with van der Waals surface area (Å²) in [6.07, 6.45) is 44.0. The van der Waals surface area contributed by atoms with E-state index in [1.807, 2.05) is 0 Å². The fourth-order valence-electron chi connectivity index (χ4n) is 6.31. The van der Waals surface area contributed by atoms with Crippen molar-refractivity contribution in [2.75, 3.05) is 5.75 Å². The van der Waals surface area contributed by atoms with Gasteiger partial charge in [-0.3, -0.25) is 9.35 Å². The Morgan fingerprint density at radius 3 is 1.40 bits per heavy atom. The molecule has 0 saturated carbocycles. The van der Waals surface area contributed by atoms with E-state index >= 15 is 0 Å². The third-order valence-electron chi connectivity index (χ3n) is 9.41. The smallest absolute Gasteiger partial charge is 0.266 e. The first-order valence-corrected chi connectivity index (χ1v) is 22.1. The van der Waals surface area contributed by atoms with Crippen molar-refractivity contribution in [1.82, 2.24) is 5.32 Å². The number of aliphatic hydroxyl groups is 1. The van der Waals surface area contributed by atoms with Crippen LogP contribution in [0.4, 0.5) is 0 Å². The fraction of sp³-hybridized carbons (Fsp3) is 0.878. The van der Waals surface area contributed by atoms with Gasteiger partial charge in [-0.15, -0.1) is 0 Å². The Bertz CT molecular complexity index is 857. The highest BCUT2D eigenvalue weighted by Crippen LogP contribution is 2.16. The van der Waals surface area contributed by atoms with Crippen LogP contribution >= 0.6 is 0 Å². The maximum Gasteiger partial charge on any atom is 0.266 e. The van der Waals surface area contributed by atoms with Gasteiger partial charge in [0.2, 0.25) is 5.91 Å². The molecule has 0 aliphatic rings. The molecule has 0 radical (unpaired) electrons. The van der Waals surface area contributed by atoms with Gasteiger partial charge >= 0.3 is 0 Å². The van der Waals surface area contributed by atoms with Crippen LogP contribution in [0.2, 0.25) is 0 Å². The Balaban J connectivity index is 3.85. The standard InChI is InChI=1S/C41H79NO5S/c1-3-5-7-9-11-13-15-17-19-20-21-22-23-25-27-29-31-33-35-37-41(44)42-39(38-48(45,46)47)40(43)36-34-32-30-28-26-24-18-16-14-12-10-8-6-4-2/h11,13,17,19,39-40,43H,3-10,12,14-16,18,20-38H2,1-2H3,(H,42,44)(H,45,46,47)/b13-11-,19-17-. The first kappa shape index (κ1) is 46.8. The zero-order valence-corrected chi connectivity index (χ0v) is 32.4. The van der Waals surface area contributed by atoms with Gasteiger partial charge in [0.05, 0.1) is 17.9 Å². The Hall–Kier alpha value is -1.18. The van der Waals surface area contributed by atoms with E-state index in [0.29, 0.717) is 12.8 Å². The topological polar surface area (TPSA) is 104 Å². The summed E-state index contributed by atoms with van der Waals surface area (Å²) in [5.41, 5.74) is 0. The highest BCUT2D eigenvalue weighted by molar-refractivity contribution is 7.85.